The number of hydrogen-bond acceptors (Lipinski definition) is 4. The predicted molar refractivity (Wildman–Crippen MR) is 80.1 cm³/mol. The van der Waals surface area contributed by atoms with Crippen molar-refractivity contribution in [3.05, 3.63) is 24.5 Å². The van der Waals surface area contributed by atoms with Crippen LogP contribution in [0.15, 0.2) is 24.5 Å². The minimum Gasteiger partial charge on any atom is -0.492 e. The molecule has 2 rings (SSSR count). The van der Waals surface area contributed by atoms with Gasteiger partial charge in [-0.05, 0) is 25.1 Å². The summed E-state index contributed by atoms with van der Waals surface area (Å²) in [6.07, 6.45) is 2.91. The molecule has 0 saturated heterocycles. The van der Waals surface area contributed by atoms with Gasteiger partial charge in [0.2, 0.25) is 0 Å². The van der Waals surface area contributed by atoms with Crippen LogP contribution in [0.4, 0.5) is 5.69 Å². The van der Waals surface area contributed by atoms with Gasteiger partial charge in [0.1, 0.15) is 12.1 Å². The van der Waals surface area contributed by atoms with Gasteiger partial charge >= 0.3 is 0 Å². The number of benzene rings is 1. The number of aryl methyl sites for hydroxylation is 1. The maximum Gasteiger partial charge on any atom is 0.163 e. The maximum absolute atomic E-state index is 5.80. The summed E-state index contributed by atoms with van der Waals surface area (Å²) in [7, 11) is 1.89. The standard InChI is InChI=1S/C11H14N4O.C3H8.H2/c1-3-16-10-6-8(4-5-9(10)12)11-14-13-7-15(11)2;1-3-2;/h4-7H,3,12H2,1-2H3;3H2,1-2H3;1H. The van der Waals surface area contributed by atoms with E-state index in [1.54, 1.807) is 6.33 Å². The van der Waals surface area contributed by atoms with Crippen molar-refractivity contribution in [1.82, 2.24) is 14.8 Å². The van der Waals surface area contributed by atoms with Gasteiger partial charge in [-0.2, -0.15) is 0 Å². The fourth-order valence-electron chi connectivity index (χ4n) is 1.50. The molecule has 0 saturated carbocycles. The van der Waals surface area contributed by atoms with Crippen LogP contribution in [0.1, 0.15) is 28.6 Å². The van der Waals surface area contributed by atoms with Crippen LogP contribution in [0.3, 0.4) is 0 Å². The highest BCUT2D eigenvalue weighted by atomic mass is 16.5. The first-order chi connectivity index (χ1) is 9.13. The quantitative estimate of drug-likeness (QED) is 0.865. The summed E-state index contributed by atoms with van der Waals surface area (Å²) < 4.78 is 7.28. The van der Waals surface area contributed by atoms with Crippen molar-refractivity contribution in [1.29, 1.82) is 0 Å². The molecular formula is C14H24N4O. The van der Waals surface area contributed by atoms with Crippen LogP contribution in [0.5, 0.6) is 5.75 Å². The van der Waals surface area contributed by atoms with Crippen LogP contribution < -0.4 is 10.5 Å². The molecule has 2 aromatic rings. The van der Waals surface area contributed by atoms with E-state index in [2.05, 4.69) is 24.0 Å². The van der Waals surface area contributed by atoms with Crippen LogP contribution in [0.25, 0.3) is 11.4 Å². The molecule has 5 heteroatoms. The average molecular weight is 264 g/mol. The van der Waals surface area contributed by atoms with E-state index >= 15 is 0 Å². The first-order valence-electron chi connectivity index (χ1n) is 6.50. The van der Waals surface area contributed by atoms with Crippen molar-refractivity contribution >= 4 is 5.69 Å². The molecule has 0 radical (unpaired) electrons. The molecule has 2 N–H and O–H groups in total. The summed E-state index contributed by atoms with van der Waals surface area (Å²) in [5, 5.41) is 7.87. The van der Waals surface area contributed by atoms with E-state index in [1.165, 1.54) is 6.42 Å². The third-order valence-electron chi connectivity index (χ3n) is 2.28. The Balaban J connectivity index is 0.000000830. The summed E-state index contributed by atoms with van der Waals surface area (Å²) in [5.41, 5.74) is 7.37. The van der Waals surface area contributed by atoms with Crippen LogP contribution >= 0.6 is 0 Å². The first kappa shape index (κ1) is 15.0. The highest BCUT2D eigenvalue weighted by Gasteiger charge is 2.07. The second kappa shape index (κ2) is 7.41. The van der Waals surface area contributed by atoms with Gasteiger partial charge in [-0.1, -0.05) is 20.3 Å². The fourth-order valence-corrected chi connectivity index (χ4v) is 1.50. The molecule has 5 nitrogen and oxygen atoms in total. The Morgan fingerprint density at radius 2 is 2.00 bits per heavy atom. The molecule has 0 atom stereocenters. The zero-order chi connectivity index (χ0) is 14.3. The average Bonchev–Trinajstić information content (AvgIpc) is 2.80. The van der Waals surface area contributed by atoms with Gasteiger partial charge in [-0.3, -0.25) is 0 Å². The lowest BCUT2D eigenvalue weighted by atomic mass is 10.2. The van der Waals surface area contributed by atoms with E-state index in [0.717, 1.165) is 11.4 Å². The van der Waals surface area contributed by atoms with Crippen molar-refractivity contribution in [3.8, 4) is 17.1 Å². The topological polar surface area (TPSA) is 66.0 Å². The lowest BCUT2D eigenvalue weighted by molar-refractivity contribution is 0.342. The predicted octanol–water partition coefficient (Wildman–Crippen LogP) is 3.13. The smallest absolute Gasteiger partial charge is 0.163 e. The third kappa shape index (κ3) is 3.98. The van der Waals surface area contributed by atoms with E-state index in [9.17, 15) is 0 Å². The van der Waals surface area contributed by atoms with Crippen molar-refractivity contribution < 1.29 is 6.16 Å². The van der Waals surface area contributed by atoms with Gasteiger partial charge in [0.15, 0.2) is 5.82 Å². The number of anilines is 1. The van der Waals surface area contributed by atoms with Crippen LogP contribution in [-0.4, -0.2) is 21.4 Å². The number of nitrogens with zero attached hydrogens (tertiary/aromatic N) is 3. The molecule has 0 bridgehead atoms. The van der Waals surface area contributed by atoms with Crippen molar-refractivity contribution in [2.75, 3.05) is 12.3 Å². The lowest BCUT2D eigenvalue weighted by Crippen LogP contribution is -1.98. The maximum atomic E-state index is 5.80. The van der Waals surface area contributed by atoms with Gasteiger partial charge in [0.25, 0.3) is 0 Å². The van der Waals surface area contributed by atoms with E-state index in [0.29, 0.717) is 18.0 Å². The molecule has 1 heterocycles. The molecule has 1 aromatic heterocycles. The molecule has 0 spiro atoms. The van der Waals surface area contributed by atoms with Crippen LogP contribution in [-0.2, 0) is 7.05 Å². The van der Waals surface area contributed by atoms with Gasteiger partial charge in [0, 0.05) is 14.0 Å². The number of ether oxygens (including phenoxy) is 1. The molecule has 106 valence electrons. The van der Waals surface area contributed by atoms with E-state index < -0.39 is 0 Å². The Bertz CT molecular complexity index is 514. The molecule has 0 aliphatic rings. The molecular weight excluding hydrogens is 240 g/mol. The highest BCUT2D eigenvalue weighted by Crippen LogP contribution is 2.27. The first-order valence-corrected chi connectivity index (χ1v) is 6.50. The molecule has 0 aliphatic heterocycles. The van der Waals surface area contributed by atoms with Crippen molar-refractivity contribution in [2.45, 2.75) is 27.2 Å². The molecule has 0 aliphatic carbocycles. The number of rotatable bonds is 3. The molecule has 19 heavy (non-hydrogen) atoms. The summed E-state index contributed by atoms with van der Waals surface area (Å²) >= 11 is 0. The summed E-state index contributed by atoms with van der Waals surface area (Å²) in [5.74, 6) is 1.48. The SMILES string of the molecule is CCC.CCOc1cc(-c2nncn2C)ccc1N.[HH]. The van der Waals surface area contributed by atoms with Gasteiger partial charge in [0.05, 0.1) is 12.3 Å². The Kier molecular flexibility index (Phi) is 5.85. The minimum absolute atomic E-state index is 0. The fraction of sp³-hybridized carbons (Fsp3) is 0.429. The number of nitrogens with two attached hydrogens (primary N) is 1. The molecule has 0 fully saturated rings. The van der Waals surface area contributed by atoms with Crippen LogP contribution in [0, 0.1) is 0 Å². The Hall–Kier alpha value is -2.04. The zero-order valence-corrected chi connectivity index (χ0v) is 12.1. The Labute approximate surface area is 115 Å². The van der Waals surface area contributed by atoms with Gasteiger partial charge in [-0.15, -0.1) is 10.2 Å². The van der Waals surface area contributed by atoms with E-state index in [-0.39, 0.29) is 1.43 Å². The minimum atomic E-state index is 0. The Morgan fingerprint density at radius 3 is 2.53 bits per heavy atom. The molecule has 0 unspecified atom stereocenters. The zero-order valence-electron chi connectivity index (χ0n) is 12.1. The van der Waals surface area contributed by atoms with Crippen LogP contribution in [0.2, 0.25) is 0 Å². The van der Waals surface area contributed by atoms with E-state index in [4.69, 9.17) is 10.5 Å². The monoisotopic (exact) mass is 264 g/mol. The highest BCUT2D eigenvalue weighted by molar-refractivity contribution is 5.65. The second-order valence-corrected chi connectivity index (χ2v) is 4.16. The number of aromatic nitrogens is 3. The summed E-state index contributed by atoms with van der Waals surface area (Å²) in [4.78, 5) is 0. The molecule has 1 aromatic carbocycles. The van der Waals surface area contributed by atoms with E-state index in [1.807, 2.05) is 36.7 Å². The normalized spacial score (nSPS) is 9.68. The third-order valence-corrected chi connectivity index (χ3v) is 2.28. The number of hydrogen-bond donors (Lipinski definition) is 1. The number of nitrogen functional groups attached to an aromatic ring is 1. The lowest BCUT2D eigenvalue weighted by Gasteiger charge is -2.08. The van der Waals surface area contributed by atoms with Gasteiger partial charge < -0.3 is 15.0 Å². The van der Waals surface area contributed by atoms with Crippen molar-refractivity contribution in [3.63, 3.8) is 0 Å². The van der Waals surface area contributed by atoms with Gasteiger partial charge in [-0.25, -0.2) is 0 Å². The second-order valence-electron chi connectivity index (χ2n) is 4.16. The summed E-state index contributed by atoms with van der Waals surface area (Å²) in [6, 6.07) is 5.60. The molecule has 0 amide bonds. The Morgan fingerprint density at radius 1 is 1.32 bits per heavy atom. The summed E-state index contributed by atoms with van der Waals surface area (Å²) in [6.45, 7) is 6.76. The largest absolute Gasteiger partial charge is 0.492 e. The van der Waals surface area contributed by atoms with Crippen molar-refractivity contribution in [2.24, 2.45) is 7.05 Å².